The van der Waals surface area contributed by atoms with Gasteiger partial charge < -0.3 is 9.64 Å². The van der Waals surface area contributed by atoms with Crippen LogP contribution in [0.3, 0.4) is 0 Å². The van der Waals surface area contributed by atoms with Crippen molar-refractivity contribution >= 4 is 15.7 Å². The molecule has 4 heterocycles. The van der Waals surface area contributed by atoms with Crippen molar-refractivity contribution in [3.63, 3.8) is 0 Å². The number of rotatable bonds is 6. The Morgan fingerprint density at radius 2 is 1.92 bits per heavy atom. The molecule has 5 atom stereocenters. The van der Waals surface area contributed by atoms with Crippen LogP contribution < -0.4 is 15.8 Å². The maximum Gasteiger partial charge on any atom is 0.150 e. The quantitative estimate of drug-likeness (QED) is 0.587. The van der Waals surface area contributed by atoms with Gasteiger partial charge in [-0.2, -0.15) is 10.2 Å². The Balaban J connectivity index is 1.07. The van der Waals surface area contributed by atoms with Crippen molar-refractivity contribution in [2.45, 2.75) is 82.4 Å². The number of aryl methyl sites for hydroxylation is 2. The van der Waals surface area contributed by atoms with Gasteiger partial charge in [0.15, 0.2) is 0 Å². The van der Waals surface area contributed by atoms with E-state index in [1.165, 1.54) is 11.8 Å². The number of aromatic nitrogens is 3. The van der Waals surface area contributed by atoms with Gasteiger partial charge in [-0.3, -0.25) is 5.43 Å². The van der Waals surface area contributed by atoms with Gasteiger partial charge in [0.05, 0.1) is 35.4 Å². The fourth-order valence-corrected chi connectivity index (χ4v) is 8.53. The van der Waals surface area contributed by atoms with Crippen molar-refractivity contribution in [3.8, 4) is 0 Å². The maximum absolute atomic E-state index is 11.8. The average molecular weight is 527 g/mol. The molecule has 0 bridgehead atoms. The fraction of sp³-hybridized carbons (Fsp3) is 0.667. The molecule has 2 aromatic rings. The third-order valence-corrected chi connectivity index (χ3v) is 10.8. The standard InChI is InChI=1S/C27H38N6O3S/c1-16-12-29-30-17(2)25(16)18(3)36-20-6-7-23-22(9-20)26(32-31-23)19-5-8-24(28-13-19)33-14-27(15-33)10-21(11-27)37(4,34)35/h5,8,12-13,18,20-23,26,31-32H,6-7,9-11,14-15H2,1-4H3/t18-,20?,22?,23?,26?/m1/s1. The maximum atomic E-state index is 11.8. The third kappa shape index (κ3) is 4.66. The van der Waals surface area contributed by atoms with Crippen molar-refractivity contribution in [1.82, 2.24) is 26.0 Å². The van der Waals surface area contributed by atoms with Crippen molar-refractivity contribution < 1.29 is 13.2 Å². The highest BCUT2D eigenvalue weighted by Crippen LogP contribution is 2.51. The number of fused-ring (bicyclic) bond motifs is 1. The van der Waals surface area contributed by atoms with Gasteiger partial charge in [0.25, 0.3) is 0 Å². The summed E-state index contributed by atoms with van der Waals surface area (Å²) in [5, 5.41) is 8.14. The van der Waals surface area contributed by atoms with Crippen LogP contribution in [0.25, 0.3) is 0 Å². The van der Waals surface area contributed by atoms with E-state index in [4.69, 9.17) is 9.72 Å². The van der Waals surface area contributed by atoms with Crippen LogP contribution in [0.2, 0.25) is 0 Å². The summed E-state index contributed by atoms with van der Waals surface area (Å²) in [5.41, 5.74) is 11.6. The summed E-state index contributed by atoms with van der Waals surface area (Å²) in [7, 11) is -2.91. The number of nitrogens with one attached hydrogen (secondary N) is 2. The molecular formula is C27H38N6O3S. The van der Waals surface area contributed by atoms with Crippen molar-refractivity contribution in [2.24, 2.45) is 11.3 Å². The van der Waals surface area contributed by atoms with E-state index in [-0.39, 0.29) is 28.9 Å². The summed E-state index contributed by atoms with van der Waals surface area (Å²) in [6.07, 6.45) is 10.1. The van der Waals surface area contributed by atoms with Crippen molar-refractivity contribution in [3.05, 3.63) is 46.9 Å². The summed E-state index contributed by atoms with van der Waals surface area (Å²) in [4.78, 5) is 7.07. The lowest BCUT2D eigenvalue weighted by molar-refractivity contribution is -0.0377. The van der Waals surface area contributed by atoms with Crippen LogP contribution in [0, 0.1) is 25.2 Å². The second-order valence-electron chi connectivity index (χ2n) is 11.9. The lowest BCUT2D eigenvalue weighted by Gasteiger charge is -2.58. The Hall–Kier alpha value is -2.14. The summed E-state index contributed by atoms with van der Waals surface area (Å²) in [6, 6.07) is 4.94. The summed E-state index contributed by atoms with van der Waals surface area (Å²) in [5.74, 6) is 1.42. The van der Waals surface area contributed by atoms with Crippen LogP contribution in [0.4, 0.5) is 5.82 Å². The molecule has 2 saturated carbocycles. The first-order chi connectivity index (χ1) is 17.6. The van der Waals surface area contributed by atoms with Gasteiger partial charge >= 0.3 is 0 Å². The number of hydrazine groups is 1. The highest BCUT2D eigenvalue weighted by atomic mass is 32.2. The highest BCUT2D eigenvalue weighted by Gasteiger charge is 2.55. The molecule has 2 aliphatic heterocycles. The molecule has 37 heavy (non-hydrogen) atoms. The van der Waals surface area contributed by atoms with Gasteiger partial charge in [0.1, 0.15) is 15.7 Å². The second-order valence-corrected chi connectivity index (χ2v) is 14.3. The number of ether oxygens (including phenoxy) is 1. The first-order valence-corrected chi connectivity index (χ1v) is 15.4. The zero-order chi connectivity index (χ0) is 25.9. The van der Waals surface area contributed by atoms with Gasteiger partial charge in [-0.1, -0.05) is 6.07 Å². The van der Waals surface area contributed by atoms with E-state index >= 15 is 0 Å². The molecule has 0 aromatic carbocycles. The Labute approximate surface area is 219 Å². The van der Waals surface area contributed by atoms with E-state index in [0.29, 0.717) is 12.0 Å². The van der Waals surface area contributed by atoms with Crippen LogP contribution in [0.5, 0.6) is 0 Å². The van der Waals surface area contributed by atoms with E-state index in [1.54, 1.807) is 0 Å². The van der Waals surface area contributed by atoms with Gasteiger partial charge in [0.2, 0.25) is 0 Å². The molecule has 0 radical (unpaired) electrons. The van der Waals surface area contributed by atoms with Gasteiger partial charge in [-0.25, -0.2) is 18.8 Å². The van der Waals surface area contributed by atoms with E-state index in [9.17, 15) is 8.42 Å². The highest BCUT2D eigenvalue weighted by molar-refractivity contribution is 7.91. The number of hydrogen-bond donors (Lipinski definition) is 2. The molecule has 2 saturated heterocycles. The zero-order valence-corrected chi connectivity index (χ0v) is 23.0. The summed E-state index contributed by atoms with van der Waals surface area (Å²) < 4.78 is 30.1. The molecule has 4 unspecified atom stereocenters. The number of sulfone groups is 1. The van der Waals surface area contributed by atoms with E-state index in [2.05, 4.69) is 51.9 Å². The first kappa shape index (κ1) is 25.2. The van der Waals surface area contributed by atoms with Gasteiger partial charge in [0, 0.05) is 42.6 Å². The largest absolute Gasteiger partial charge is 0.370 e. The molecule has 2 aliphatic carbocycles. The van der Waals surface area contributed by atoms with Gasteiger partial charge in [-0.15, -0.1) is 0 Å². The van der Waals surface area contributed by atoms with Crippen LogP contribution in [-0.4, -0.2) is 60.3 Å². The summed E-state index contributed by atoms with van der Waals surface area (Å²) in [6.45, 7) is 8.01. The predicted molar refractivity (Wildman–Crippen MR) is 142 cm³/mol. The molecule has 10 heteroatoms. The number of pyridine rings is 1. The van der Waals surface area contributed by atoms with E-state index in [1.807, 2.05) is 19.3 Å². The average Bonchev–Trinajstić information content (AvgIpc) is 3.20. The molecule has 1 spiro atoms. The number of anilines is 1. The monoisotopic (exact) mass is 526 g/mol. The fourth-order valence-electron chi connectivity index (χ4n) is 7.21. The lowest BCUT2D eigenvalue weighted by atomic mass is 9.63. The molecule has 4 fully saturated rings. The second kappa shape index (κ2) is 9.25. The minimum Gasteiger partial charge on any atom is -0.370 e. The van der Waals surface area contributed by atoms with Crippen LogP contribution in [0.15, 0.2) is 24.5 Å². The number of hydrogen-bond acceptors (Lipinski definition) is 9. The van der Waals surface area contributed by atoms with E-state index < -0.39 is 9.84 Å². The molecule has 4 aliphatic rings. The molecule has 0 amide bonds. The molecule has 2 aromatic heterocycles. The number of nitrogens with zero attached hydrogens (tertiary/aromatic N) is 4. The smallest absolute Gasteiger partial charge is 0.150 e. The Morgan fingerprint density at radius 1 is 1.14 bits per heavy atom. The van der Waals surface area contributed by atoms with Crippen LogP contribution in [0.1, 0.15) is 73.6 Å². The Bertz CT molecular complexity index is 1240. The molecule has 6 rings (SSSR count). The molecule has 200 valence electrons. The molecule has 9 nitrogen and oxygen atoms in total. The first-order valence-electron chi connectivity index (χ1n) is 13.5. The minimum atomic E-state index is -2.91. The van der Waals surface area contributed by atoms with Crippen LogP contribution in [-0.2, 0) is 14.6 Å². The molecular weight excluding hydrogens is 488 g/mol. The summed E-state index contributed by atoms with van der Waals surface area (Å²) >= 11 is 0. The minimum absolute atomic E-state index is 0.0121. The third-order valence-electron chi connectivity index (χ3n) is 9.21. The normalized spacial score (nSPS) is 30.0. The lowest BCUT2D eigenvalue weighted by Crippen LogP contribution is -2.65. The van der Waals surface area contributed by atoms with Crippen LogP contribution >= 0.6 is 0 Å². The zero-order valence-electron chi connectivity index (χ0n) is 22.1. The topological polar surface area (TPSA) is 109 Å². The predicted octanol–water partition coefficient (Wildman–Crippen LogP) is 2.97. The Morgan fingerprint density at radius 3 is 2.59 bits per heavy atom. The Kier molecular flexibility index (Phi) is 6.29. The van der Waals surface area contributed by atoms with Crippen molar-refractivity contribution in [2.75, 3.05) is 24.2 Å². The van der Waals surface area contributed by atoms with E-state index in [0.717, 1.165) is 67.8 Å². The van der Waals surface area contributed by atoms with Crippen molar-refractivity contribution in [1.29, 1.82) is 0 Å². The SMILES string of the molecule is Cc1cnnc(C)c1[C@@H](C)OC1CCC2NNC(c3ccc(N4CC5(CC(S(C)(=O)=O)C5)C4)nc3)C2C1. The molecule has 2 N–H and O–H groups in total. The van der Waals surface area contributed by atoms with Gasteiger partial charge in [-0.05, 0) is 76.0 Å².